The highest BCUT2D eigenvalue weighted by molar-refractivity contribution is 6.30. The summed E-state index contributed by atoms with van der Waals surface area (Å²) in [6.07, 6.45) is 0.807. The maximum Gasteiger partial charge on any atom is 0.258 e. The Hall–Kier alpha value is -1.39. The van der Waals surface area contributed by atoms with Crippen molar-refractivity contribution in [3.63, 3.8) is 0 Å². The van der Waals surface area contributed by atoms with Gasteiger partial charge in [-0.05, 0) is 31.0 Å². The number of aryl methyl sites for hydroxylation is 1. The van der Waals surface area contributed by atoms with Crippen molar-refractivity contribution < 1.29 is 9.63 Å². The molecule has 5 heteroatoms. The fraction of sp³-hybridized carbons (Fsp3) is 0.385. The van der Waals surface area contributed by atoms with E-state index in [1.165, 1.54) is 0 Å². The van der Waals surface area contributed by atoms with Gasteiger partial charge in [0, 0.05) is 10.6 Å². The van der Waals surface area contributed by atoms with Crippen LogP contribution in [0.3, 0.4) is 0 Å². The fourth-order valence-electron chi connectivity index (χ4n) is 1.71. The molecule has 0 amide bonds. The highest BCUT2D eigenvalue weighted by Crippen LogP contribution is 2.26. The average molecular weight is 267 g/mol. The van der Waals surface area contributed by atoms with E-state index in [2.05, 4.69) is 10.1 Å². The normalized spacial score (nSPS) is 12.7. The Morgan fingerprint density at radius 3 is 2.94 bits per heavy atom. The third-order valence-corrected chi connectivity index (χ3v) is 2.97. The SMILES string of the molecule is CCCC(O)c1noc(-c2cc(Cl)ccc2C)n1. The molecule has 0 saturated carbocycles. The predicted molar refractivity (Wildman–Crippen MR) is 69.3 cm³/mol. The van der Waals surface area contributed by atoms with Crippen molar-refractivity contribution in [2.75, 3.05) is 0 Å². The molecular weight excluding hydrogens is 252 g/mol. The number of aliphatic hydroxyl groups excluding tert-OH is 1. The number of aliphatic hydroxyl groups is 1. The minimum absolute atomic E-state index is 0.325. The van der Waals surface area contributed by atoms with Crippen molar-refractivity contribution in [3.8, 4) is 11.5 Å². The van der Waals surface area contributed by atoms with Gasteiger partial charge in [-0.15, -0.1) is 0 Å². The number of halogens is 1. The summed E-state index contributed by atoms with van der Waals surface area (Å²) in [6.45, 7) is 3.93. The van der Waals surface area contributed by atoms with E-state index in [4.69, 9.17) is 16.1 Å². The molecule has 2 aromatic rings. The third-order valence-electron chi connectivity index (χ3n) is 2.73. The zero-order chi connectivity index (χ0) is 13.1. The van der Waals surface area contributed by atoms with Gasteiger partial charge < -0.3 is 9.63 Å². The van der Waals surface area contributed by atoms with Crippen LogP contribution in [0.5, 0.6) is 0 Å². The number of rotatable bonds is 4. The average Bonchev–Trinajstić information content (AvgIpc) is 2.82. The van der Waals surface area contributed by atoms with Crippen LogP contribution in [-0.2, 0) is 0 Å². The molecule has 0 aliphatic heterocycles. The van der Waals surface area contributed by atoms with Crippen LogP contribution in [0.15, 0.2) is 22.7 Å². The van der Waals surface area contributed by atoms with Crippen molar-refractivity contribution >= 4 is 11.6 Å². The molecule has 1 aromatic heterocycles. The molecule has 1 heterocycles. The maximum atomic E-state index is 9.79. The minimum atomic E-state index is -0.674. The van der Waals surface area contributed by atoms with E-state index in [1.54, 1.807) is 6.07 Å². The Morgan fingerprint density at radius 1 is 1.44 bits per heavy atom. The van der Waals surface area contributed by atoms with E-state index in [0.29, 0.717) is 23.2 Å². The van der Waals surface area contributed by atoms with E-state index in [0.717, 1.165) is 17.5 Å². The van der Waals surface area contributed by atoms with Crippen LogP contribution in [0.1, 0.15) is 37.3 Å². The second kappa shape index (κ2) is 5.50. The summed E-state index contributed by atoms with van der Waals surface area (Å²) >= 11 is 5.95. The Balaban J connectivity index is 2.32. The van der Waals surface area contributed by atoms with Crippen molar-refractivity contribution in [1.82, 2.24) is 10.1 Å². The molecule has 0 fully saturated rings. The zero-order valence-electron chi connectivity index (χ0n) is 10.4. The molecule has 1 aromatic carbocycles. The summed E-state index contributed by atoms with van der Waals surface area (Å²) in [4.78, 5) is 4.21. The summed E-state index contributed by atoms with van der Waals surface area (Å²) < 4.78 is 5.17. The second-order valence-electron chi connectivity index (χ2n) is 4.22. The molecule has 0 aliphatic carbocycles. The summed E-state index contributed by atoms with van der Waals surface area (Å²) in [5.74, 6) is 0.714. The van der Waals surface area contributed by atoms with Gasteiger partial charge in [-0.2, -0.15) is 4.98 Å². The topological polar surface area (TPSA) is 59.2 Å². The lowest BCUT2D eigenvalue weighted by atomic mass is 10.1. The van der Waals surface area contributed by atoms with E-state index in [9.17, 15) is 5.11 Å². The molecular formula is C13H15ClN2O2. The Kier molecular flexibility index (Phi) is 3.99. The Labute approximate surface area is 111 Å². The monoisotopic (exact) mass is 266 g/mol. The van der Waals surface area contributed by atoms with E-state index in [-0.39, 0.29) is 0 Å². The first-order valence-electron chi connectivity index (χ1n) is 5.90. The number of nitrogens with zero attached hydrogens (tertiary/aromatic N) is 2. The van der Waals surface area contributed by atoms with Gasteiger partial charge in [-0.3, -0.25) is 0 Å². The van der Waals surface area contributed by atoms with E-state index in [1.807, 2.05) is 26.0 Å². The van der Waals surface area contributed by atoms with Gasteiger partial charge in [0.2, 0.25) is 5.82 Å². The van der Waals surface area contributed by atoms with Gasteiger partial charge in [0.05, 0.1) is 0 Å². The molecule has 0 bridgehead atoms. The lowest BCUT2D eigenvalue weighted by Gasteiger charge is -2.02. The van der Waals surface area contributed by atoms with Crippen LogP contribution in [0.2, 0.25) is 5.02 Å². The Morgan fingerprint density at radius 2 is 2.22 bits per heavy atom. The molecule has 18 heavy (non-hydrogen) atoms. The molecule has 2 rings (SSSR count). The smallest absolute Gasteiger partial charge is 0.258 e. The van der Waals surface area contributed by atoms with Crippen LogP contribution in [0, 0.1) is 6.92 Å². The largest absolute Gasteiger partial charge is 0.385 e. The first-order valence-corrected chi connectivity index (χ1v) is 6.27. The van der Waals surface area contributed by atoms with E-state index < -0.39 is 6.10 Å². The number of benzene rings is 1. The van der Waals surface area contributed by atoms with Crippen LogP contribution in [0.4, 0.5) is 0 Å². The molecule has 1 atom stereocenters. The Bertz CT molecular complexity index is 540. The van der Waals surface area contributed by atoms with Crippen LogP contribution < -0.4 is 0 Å². The second-order valence-corrected chi connectivity index (χ2v) is 4.66. The molecule has 0 saturated heterocycles. The highest BCUT2D eigenvalue weighted by atomic mass is 35.5. The standard InChI is InChI=1S/C13H15ClN2O2/c1-3-4-11(17)12-15-13(18-16-12)10-7-9(14)6-5-8(10)2/h5-7,11,17H,3-4H2,1-2H3. The van der Waals surface area contributed by atoms with Crippen molar-refractivity contribution in [2.24, 2.45) is 0 Å². The molecule has 96 valence electrons. The zero-order valence-corrected chi connectivity index (χ0v) is 11.1. The molecule has 0 spiro atoms. The van der Waals surface area contributed by atoms with Crippen molar-refractivity contribution in [1.29, 1.82) is 0 Å². The summed E-state index contributed by atoms with van der Waals surface area (Å²) in [7, 11) is 0. The quantitative estimate of drug-likeness (QED) is 0.920. The summed E-state index contributed by atoms with van der Waals surface area (Å²) in [5, 5.41) is 14.2. The van der Waals surface area contributed by atoms with Gasteiger partial charge in [-0.1, -0.05) is 36.2 Å². The van der Waals surface area contributed by atoms with Crippen LogP contribution in [-0.4, -0.2) is 15.2 Å². The number of hydrogen-bond acceptors (Lipinski definition) is 4. The van der Waals surface area contributed by atoms with Gasteiger partial charge in [-0.25, -0.2) is 0 Å². The first-order chi connectivity index (χ1) is 8.61. The van der Waals surface area contributed by atoms with Crippen molar-refractivity contribution in [3.05, 3.63) is 34.6 Å². The summed E-state index contributed by atoms with van der Waals surface area (Å²) in [5.41, 5.74) is 1.80. The lowest BCUT2D eigenvalue weighted by molar-refractivity contribution is 0.153. The molecule has 0 aliphatic rings. The molecule has 1 unspecified atom stereocenters. The number of aromatic nitrogens is 2. The van der Waals surface area contributed by atoms with Gasteiger partial charge in [0.1, 0.15) is 6.10 Å². The molecule has 0 radical (unpaired) electrons. The van der Waals surface area contributed by atoms with Crippen molar-refractivity contribution in [2.45, 2.75) is 32.8 Å². The minimum Gasteiger partial charge on any atom is -0.385 e. The van der Waals surface area contributed by atoms with Crippen LogP contribution >= 0.6 is 11.6 Å². The lowest BCUT2D eigenvalue weighted by Crippen LogP contribution is -1.98. The van der Waals surface area contributed by atoms with Gasteiger partial charge in [0.25, 0.3) is 5.89 Å². The van der Waals surface area contributed by atoms with Gasteiger partial charge in [0.15, 0.2) is 0 Å². The fourth-order valence-corrected chi connectivity index (χ4v) is 1.88. The van der Waals surface area contributed by atoms with E-state index >= 15 is 0 Å². The summed E-state index contributed by atoms with van der Waals surface area (Å²) in [6, 6.07) is 5.48. The highest BCUT2D eigenvalue weighted by Gasteiger charge is 2.16. The third kappa shape index (κ3) is 2.71. The molecule has 4 nitrogen and oxygen atoms in total. The van der Waals surface area contributed by atoms with Crippen LogP contribution in [0.25, 0.3) is 11.5 Å². The van der Waals surface area contributed by atoms with Gasteiger partial charge >= 0.3 is 0 Å². The first kappa shape index (κ1) is 13.1. The number of hydrogen-bond donors (Lipinski definition) is 1. The maximum absolute atomic E-state index is 9.79. The molecule has 1 N–H and O–H groups in total. The predicted octanol–water partition coefficient (Wildman–Crippen LogP) is 3.53.